The van der Waals surface area contributed by atoms with Gasteiger partial charge in [0, 0.05) is 5.56 Å². The van der Waals surface area contributed by atoms with Crippen LogP contribution in [0, 0.1) is 0 Å². The van der Waals surface area contributed by atoms with Gasteiger partial charge in [0.1, 0.15) is 12.4 Å². The summed E-state index contributed by atoms with van der Waals surface area (Å²) in [6.07, 6.45) is 0. The third kappa shape index (κ3) is 2.53. The van der Waals surface area contributed by atoms with Gasteiger partial charge in [-0.1, -0.05) is 31.2 Å². The Morgan fingerprint density at radius 2 is 2.20 bits per heavy atom. The molecule has 0 radical (unpaired) electrons. The second-order valence-corrected chi connectivity index (χ2v) is 7.50. The van der Waals surface area contributed by atoms with Crippen molar-refractivity contribution in [1.82, 2.24) is 5.32 Å². The highest BCUT2D eigenvalue weighted by Crippen LogP contribution is 2.36. The SMILES string of the molecule is CCNC1c2ccccc2OCC1S(=O)c1cccs1. The van der Waals surface area contributed by atoms with Crippen LogP contribution in [0.2, 0.25) is 0 Å². The molecule has 0 spiro atoms. The van der Waals surface area contributed by atoms with Crippen LogP contribution >= 0.6 is 11.3 Å². The molecular weight excluding hydrogens is 290 g/mol. The van der Waals surface area contributed by atoms with Crippen LogP contribution in [0.15, 0.2) is 46.0 Å². The average Bonchev–Trinajstić information content (AvgIpc) is 3.01. The molecule has 2 aromatic rings. The smallest absolute Gasteiger partial charge is 0.124 e. The lowest BCUT2D eigenvalue weighted by molar-refractivity contribution is 0.259. The number of thiophene rings is 1. The molecular formula is C15H17NO2S2. The van der Waals surface area contributed by atoms with Gasteiger partial charge in [-0.05, 0) is 24.1 Å². The molecule has 1 aromatic heterocycles. The van der Waals surface area contributed by atoms with Crippen LogP contribution in [0.25, 0.3) is 0 Å². The van der Waals surface area contributed by atoms with Gasteiger partial charge in [0.15, 0.2) is 0 Å². The summed E-state index contributed by atoms with van der Waals surface area (Å²) in [5.41, 5.74) is 1.11. The van der Waals surface area contributed by atoms with Crippen LogP contribution in [0.1, 0.15) is 18.5 Å². The molecule has 3 atom stereocenters. The first-order valence-corrected chi connectivity index (χ1v) is 8.79. The fourth-order valence-corrected chi connectivity index (χ4v) is 5.07. The molecule has 5 heteroatoms. The first-order chi connectivity index (χ1) is 9.81. The Bertz CT molecular complexity index is 598. The number of ether oxygens (including phenoxy) is 1. The maximum absolute atomic E-state index is 12.8. The molecule has 0 aliphatic carbocycles. The van der Waals surface area contributed by atoms with Crippen molar-refractivity contribution in [3.63, 3.8) is 0 Å². The molecule has 0 bridgehead atoms. The first kappa shape index (κ1) is 13.8. The maximum Gasteiger partial charge on any atom is 0.124 e. The van der Waals surface area contributed by atoms with Crippen LogP contribution in [-0.2, 0) is 10.8 Å². The fraction of sp³-hybridized carbons (Fsp3) is 0.333. The van der Waals surface area contributed by atoms with Crippen LogP contribution in [-0.4, -0.2) is 22.6 Å². The predicted molar refractivity (Wildman–Crippen MR) is 82.9 cm³/mol. The maximum atomic E-state index is 12.8. The van der Waals surface area contributed by atoms with Gasteiger partial charge in [-0.2, -0.15) is 0 Å². The number of nitrogens with one attached hydrogen (secondary N) is 1. The second-order valence-electron chi connectivity index (χ2n) is 4.65. The number of hydrogen-bond acceptors (Lipinski definition) is 4. The van der Waals surface area contributed by atoms with Gasteiger partial charge in [0.2, 0.25) is 0 Å². The van der Waals surface area contributed by atoms with Gasteiger partial charge < -0.3 is 10.1 Å². The standard InChI is InChI=1S/C15H17NO2S2/c1-2-16-15-11-6-3-4-7-12(11)18-10-13(15)20(17)14-8-5-9-19-14/h3-9,13,15-16H,2,10H2,1H3. The fourth-order valence-electron chi connectivity index (χ4n) is 2.51. The second kappa shape index (κ2) is 6.08. The van der Waals surface area contributed by atoms with Gasteiger partial charge in [0.25, 0.3) is 0 Å². The van der Waals surface area contributed by atoms with Crippen LogP contribution in [0.4, 0.5) is 0 Å². The van der Waals surface area contributed by atoms with E-state index < -0.39 is 10.8 Å². The van der Waals surface area contributed by atoms with E-state index in [-0.39, 0.29) is 11.3 Å². The van der Waals surface area contributed by atoms with E-state index in [0.29, 0.717) is 6.61 Å². The number of benzene rings is 1. The molecule has 0 saturated heterocycles. The van der Waals surface area contributed by atoms with E-state index in [0.717, 1.165) is 22.1 Å². The molecule has 0 fully saturated rings. The molecule has 1 N–H and O–H groups in total. The van der Waals surface area contributed by atoms with Gasteiger partial charge in [-0.25, -0.2) is 0 Å². The Hall–Kier alpha value is -1.17. The van der Waals surface area contributed by atoms with Crippen molar-refractivity contribution in [2.75, 3.05) is 13.2 Å². The molecule has 3 nitrogen and oxygen atoms in total. The molecule has 1 aromatic carbocycles. The highest BCUT2D eigenvalue weighted by Gasteiger charge is 2.35. The summed E-state index contributed by atoms with van der Waals surface area (Å²) in [5.74, 6) is 0.901. The highest BCUT2D eigenvalue weighted by atomic mass is 32.2. The molecule has 20 heavy (non-hydrogen) atoms. The van der Waals surface area contributed by atoms with Crippen molar-refractivity contribution in [2.24, 2.45) is 0 Å². The number of fused-ring (bicyclic) bond motifs is 1. The normalized spacial score (nSPS) is 22.9. The Kier molecular flexibility index (Phi) is 4.19. The number of para-hydroxylation sites is 1. The van der Waals surface area contributed by atoms with Gasteiger partial charge in [-0.3, -0.25) is 4.21 Å². The van der Waals surface area contributed by atoms with E-state index in [1.54, 1.807) is 11.3 Å². The third-order valence-electron chi connectivity index (χ3n) is 3.42. The van der Waals surface area contributed by atoms with Crippen LogP contribution < -0.4 is 10.1 Å². The lowest BCUT2D eigenvalue weighted by Gasteiger charge is -2.33. The molecule has 1 aliphatic heterocycles. The lowest BCUT2D eigenvalue weighted by Crippen LogP contribution is -2.41. The summed E-state index contributed by atoms with van der Waals surface area (Å²) in [5, 5.41) is 5.38. The quantitative estimate of drug-likeness (QED) is 0.944. The van der Waals surface area contributed by atoms with Gasteiger partial charge in [-0.15, -0.1) is 11.3 Å². The van der Waals surface area contributed by atoms with E-state index in [1.807, 2.05) is 35.7 Å². The minimum absolute atomic E-state index is 0.0523. The molecule has 106 valence electrons. The van der Waals surface area contributed by atoms with E-state index in [2.05, 4.69) is 18.3 Å². The van der Waals surface area contributed by atoms with Crippen molar-refractivity contribution in [1.29, 1.82) is 0 Å². The Labute approximate surface area is 125 Å². The van der Waals surface area contributed by atoms with E-state index >= 15 is 0 Å². The van der Waals surface area contributed by atoms with Crippen LogP contribution in [0.5, 0.6) is 5.75 Å². The summed E-state index contributed by atoms with van der Waals surface area (Å²) in [7, 11) is -1.05. The lowest BCUT2D eigenvalue weighted by atomic mass is 10.0. The zero-order valence-electron chi connectivity index (χ0n) is 11.2. The summed E-state index contributed by atoms with van der Waals surface area (Å²) < 4.78 is 19.5. The Morgan fingerprint density at radius 3 is 2.95 bits per heavy atom. The zero-order valence-corrected chi connectivity index (χ0v) is 12.9. The molecule has 3 unspecified atom stereocenters. The van der Waals surface area contributed by atoms with E-state index in [1.165, 1.54) is 0 Å². The minimum Gasteiger partial charge on any atom is -0.492 e. The minimum atomic E-state index is -1.05. The zero-order chi connectivity index (χ0) is 13.9. The van der Waals surface area contributed by atoms with Crippen molar-refractivity contribution in [3.8, 4) is 5.75 Å². The number of hydrogen-bond donors (Lipinski definition) is 1. The van der Waals surface area contributed by atoms with Crippen molar-refractivity contribution in [3.05, 3.63) is 47.3 Å². The monoisotopic (exact) mass is 307 g/mol. The molecule has 1 aliphatic rings. The molecule has 0 saturated carbocycles. The predicted octanol–water partition coefficient (Wildman–Crippen LogP) is 2.97. The third-order valence-corrected chi connectivity index (χ3v) is 6.36. The first-order valence-electron chi connectivity index (χ1n) is 6.70. The van der Waals surface area contributed by atoms with Crippen molar-refractivity contribution >= 4 is 22.1 Å². The van der Waals surface area contributed by atoms with Crippen LogP contribution in [0.3, 0.4) is 0 Å². The Balaban J connectivity index is 1.94. The van der Waals surface area contributed by atoms with Crippen molar-refractivity contribution in [2.45, 2.75) is 22.4 Å². The summed E-state index contributed by atoms with van der Waals surface area (Å²) in [6.45, 7) is 3.40. The van der Waals surface area contributed by atoms with Gasteiger partial charge in [0.05, 0.1) is 26.3 Å². The topological polar surface area (TPSA) is 38.3 Å². The summed E-state index contributed by atoms with van der Waals surface area (Å²) in [4.78, 5) is 0. The van der Waals surface area contributed by atoms with Gasteiger partial charge >= 0.3 is 0 Å². The molecule has 0 amide bonds. The summed E-state index contributed by atoms with van der Waals surface area (Å²) in [6, 6.07) is 12.0. The highest BCUT2D eigenvalue weighted by molar-refractivity contribution is 7.88. The average molecular weight is 307 g/mol. The molecule has 3 rings (SSSR count). The summed E-state index contributed by atoms with van der Waals surface area (Å²) >= 11 is 1.54. The largest absolute Gasteiger partial charge is 0.492 e. The molecule has 2 heterocycles. The van der Waals surface area contributed by atoms with E-state index in [4.69, 9.17) is 4.74 Å². The van der Waals surface area contributed by atoms with E-state index in [9.17, 15) is 4.21 Å². The Morgan fingerprint density at radius 1 is 1.35 bits per heavy atom. The van der Waals surface area contributed by atoms with Crippen molar-refractivity contribution < 1.29 is 8.95 Å². The number of rotatable bonds is 4.